The zero-order valence-corrected chi connectivity index (χ0v) is 17.0. The molecule has 0 heterocycles. The Labute approximate surface area is 160 Å². The summed E-state index contributed by atoms with van der Waals surface area (Å²) in [6.45, 7) is 4.02. The molecule has 1 aromatic carbocycles. The molecule has 0 aliphatic heterocycles. The lowest BCUT2D eigenvalue weighted by Crippen LogP contribution is -2.49. The van der Waals surface area contributed by atoms with Crippen molar-refractivity contribution in [2.45, 2.75) is 50.8 Å². The standard InChI is InChI=1S/C19H25Cl2NO2S/c1-10-3-17(20)11(2)19(18(10)21)25(23,24)22-9-16-14-5-12-4-13(7-14)8-15(16)6-12/h3,12-16,22H,4-9H2,1-2H3. The summed E-state index contributed by atoms with van der Waals surface area (Å²) in [4.78, 5) is 0.142. The van der Waals surface area contributed by atoms with E-state index in [1.54, 1.807) is 19.9 Å². The first-order chi connectivity index (χ1) is 11.8. The molecule has 4 aliphatic carbocycles. The number of halogens is 2. The molecule has 6 heteroatoms. The molecule has 1 N–H and O–H groups in total. The second kappa shape index (κ2) is 6.40. The van der Waals surface area contributed by atoms with Crippen LogP contribution in [0.4, 0.5) is 0 Å². The van der Waals surface area contributed by atoms with E-state index in [2.05, 4.69) is 4.72 Å². The van der Waals surface area contributed by atoms with Crippen LogP contribution in [0.1, 0.15) is 43.2 Å². The van der Waals surface area contributed by atoms with E-state index in [-0.39, 0.29) is 9.92 Å². The van der Waals surface area contributed by atoms with E-state index < -0.39 is 10.0 Å². The Hall–Kier alpha value is -0.290. The lowest BCUT2D eigenvalue weighted by molar-refractivity contribution is -0.0335. The van der Waals surface area contributed by atoms with Crippen molar-refractivity contribution in [1.29, 1.82) is 0 Å². The van der Waals surface area contributed by atoms with Gasteiger partial charge < -0.3 is 0 Å². The summed E-state index contributed by atoms with van der Waals surface area (Å²) in [5.41, 5.74) is 1.21. The van der Waals surface area contributed by atoms with Gasteiger partial charge in [-0.05, 0) is 92.7 Å². The van der Waals surface area contributed by atoms with Crippen LogP contribution in [0, 0.1) is 43.4 Å². The first-order valence-corrected chi connectivity index (χ1v) is 11.4. The van der Waals surface area contributed by atoms with Crippen LogP contribution >= 0.6 is 23.2 Å². The first-order valence-electron chi connectivity index (χ1n) is 9.21. The van der Waals surface area contributed by atoms with E-state index in [1.165, 1.54) is 32.1 Å². The van der Waals surface area contributed by atoms with Crippen LogP contribution < -0.4 is 4.72 Å². The van der Waals surface area contributed by atoms with Gasteiger partial charge in [-0.15, -0.1) is 0 Å². The second-order valence-corrected chi connectivity index (χ2v) is 10.9. The molecular weight excluding hydrogens is 377 g/mol. The van der Waals surface area contributed by atoms with Gasteiger partial charge in [0.15, 0.2) is 0 Å². The van der Waals surface area contributed by atoms with Crippen LogP contribution in [0.2, 0.25) is 10.0 Å². The van der Waals surface area contributed by atoms with Gasteiger partial charge in [0, 0.05) is 11.6 Å². The molecule has 3 nitrogen and oxygen atoms in total. The average Bonchev–Trinajstić information content (AvgIpc) is 2.51. The van der Waals surface area contributed by atoms with Gasteiger partial charge in [0.25, 0.3) is 0 Å². The Kier molecular flexibility index (Phi) is 4.63. The maximum Gasteiger partial charge on any atom is 0.242 e. The molecule has 0 atom stereocenters. The fraction of sp³-hybridized carbons (Fsp3) is 0.684. The Morgan fingerprint density at radius 3 is 2.16 bits per heavy atom. The minimum atomic E-state index is -3.67. The van der Waals surface area contributed by atoms with Crippen LogP contribution in [0.3, 0.4) is 0 Å². The van der Waals surface area contributed by atoms with E-state index >= 15 is 0 Å². The van der Waals surface area contributed by atoms with Gasteiger partial charge in [0.1, 0.15) is 4.90 Å². The summed E-state index contributed by atoms with van der Waals surface area (Å²) in [5.74, 6) is 3.64. The number of sulfonamides is 1. The molecule has 0 spiro atoms. The summed E-state index contributed by atoms with van der Waals surface area (Å²) >= 11 is 12.5. The number of aryl methyl sites for hydroxylation is 1. The summed E-state index contributed by atoms with van der Waals surface area (Å²) < 4.78 is 28.8. The normalized spacial score (nSPS) is 33.8. The molecule has 4 fully saturated rings. The van der Waals surface area contributed by atoms with Crippen molar-refractivity contribution >= 4 is 33.2 Å². The molecule has 0 radical (unpaired) electrons. The van der Waals surface area contributed by atoms with Crippen LogP contribution in [0.15, 0.2) is 11.0 Å². The quantitative estimate of drug-likeness (QED) is 0.774. The molecule has 4 bridgehead atoms. The third-order valence-corrected chi connectivity index (χ3v) is 9.37. The van der Waals surface area contributed by atoms with Crippen LogP contribution in [-0.4, -0.2) is 15.0 Å². The lowest BCUT2D eigenvalue weighted by atomic mass is 9.52. The number of benzene rings is 1. The SMILES string of the molecule is Cc1cc(Cl)c(C)c(S(=O)(=O)NCC2C3CC4CC(C3)CC2C4)c1Cl. The van der Waals surface area contributed by atoms with E-state index in [4.69, 9.17) is 23.2 Å². The minimum absolute atomic E-state index is 0.142. The number of hydrogen-bond acceptors (Lipinski definition) is 2. The zero-order chi connectivity index (χ0) is 17.9. The van der Waals surface area contributed by atoms with Crippen LogP contribution in [0.25, 0.3) is 0 Å². The Bertz CT molecular complexity index is 752. The van der Waals surface area contributed by atoms with Crippen LogP contribution in [-0.2, 0) is 10.0 Å². The average molecular weight is 402 g/mol. The van der Waals surface area contributed by atoms with Gasteiger partial charge in [-0.3, -0.25) is 0 Å². The molecular formula is C19H25Cl2NO2S. The lowest BCUT2D eigenvalue weighted by Gasteiger charge is -2.54. The highest BCUT2D eigenvalue weighted by Gasteiger charge is 2.48. The topological polar surface area (TPSA) is 46.2 Å². The molecule has 1 aromatic rings. The minimum Gasteiger partial charge on any atom is -0.211 e. The largest absolute Gasteiger partial charge is 0.242 e. The molecule has 4 saturated carbocycles. The van der Waals surface area contributed by atoms with E-state index in [9.17, 15) is 8.42 Å². The molecule has 0 aromatic heterocycles. The smallest absolute Gasteiger partial charge is 0.211 e. The molecule has 0 unspecified atom stereocenters. The van der Waals surface area contributed by atoms with Crippen molar-refractivity contribution in [3.63, 3.8) is 0 Å². The van der Waals surface area contributed by atoms with Crippen LogP contribution in [0.5, 0.6) is 0 Å². The Morgan fingerprint density at radius 1 is 1.04 bits per heavy atom. The third kappa shape index (κ3) is 3.13. The van der Waals surface area contributed by atoms with Crippen molar-refractivity contribution in [1.82, 2.24) is 4.72 Å². The monoisotopic (exact) mass is 401 g/mol. The van der Waals surface area contributed by atoms with Gasteiger partial charge in [-0.25, -0.2) is 13.1 Å². The Balaban J connectivity index is 1.55. The predicted octanol–water partition coefficient (Wildman–Crippen LogP) is 4.96. The van der Waals surface area contributed by atoms with E-state index in [0.29, 0.717) is 40.4 Å². The summed E-state index contributed by atoms with van der Waals surface area (Å²) in [6.07, 6.45) is 6.55. The maximum absolute atomic E-state index is 13.0. The molecule has 5 rings (SSSR count). The highest BCUT2D eigenvalue weighted by Crippen LogP contribution is 2.56. The van der Waals surface area contributed by atoms with Gasteiger partial charge in [0.2, 0.25) is 10.0 Å². The number of nitrogens with one attached hydrogen (secondary N) is 1. The summed E-state index contributed by atoms with van der Waals surface area (Å²) in [5, 5.41) is 0.719. The van der Waals surface area contributed by atoms with Crippen molar-refractivity contribution in [3.05, 3.63) is 27.2 Å². The molecule has 25 heavy (non-hydrogen) atoms. The molecule has 4 aliphatic rings. The zero-order valence-electron chi connectivity index (χ0n) is 14.7. The number of rotatable bonds is 4. The van der Waals surface area contributed by atoms with Gasteiger partial charge in [-0.1, -0.05) is 23.2 Å². The maximum atomic E-state index is 13.0. The van der Waals surface area contributed by atoms with Crippen molar-refractivity contribution in [3.8, 4) is 0 Å². The van der Waals surface area contributed by atoms with Crippen molar-refractivity contribution in [2.24, 2.45) is 29.6 Å². The second-order valence-electron chi connectivity index (χ2n) is 8.39. The fourth-order valence-electron chi connectivity index (χ4n) is 5.78. The number of hydrogen-bond donors (Lipinski definition) is 1. The van der Waals surface area contributed by atoms with E-state index in [0.717, 1.165) is 11.8 Å². The third-order valence-electron chi connectivity index (χ3n) is 6.79. The highest BCUT2D eigenvalue weighted by atomic mass is 35.5. The van der Waals surface area contributed by atoms with Gasteiger partial charge in [0.05, 0.1) is 5.02 Å². The summed E-state index contributed by atoms with van der Waals surface area (Å²) in [6, 6.07) is 1.72. The van der Waals surface area contributed by atoms with Gasteiger partial charge >= 0.3 is 0 Å². The Morgan fingerprint density at radius 2 is 1.60 bits per heavy atom. The molecule has 138 valence electrons. The predicted molar refractivity (Wildman–Crippen MR) is 102 cm³/mol. The van der Waals surface area contributed by atoms with Crippen molar-refractivity contribution < 1.29 is 8.42 Å². The van der Waals surface area contributed by atoms with Crippen molar-refractivity contribution in [2.75, 3.05) is 6.54 Å². The molecule has 0 amide bonds. The highest BCUT2D eigenvalue weighted by molar-refractivity contribution is 7.89. The summed E-state index contributed by atoms with van der Waals surface area (Å²) in [7, 11) is -3.67. The molecule has 0 saturated heterocycles. The van der Waals surface area contributed by atoms with Gasteiger partial charge in [-0.2, -0.15) is 0 Å². The van der Waals surface area contributed by atoms with E-state index in [1.807, 2.05) is 0 Å². The fourth-order valence-corrected chi connectivity index (χ4v) is 8.06. The first kappa shape index (κ1) is 18.1.